The van der Waals surface area contributed by atoms with E-state index in [9.17, 15) is 4.79 Å². The predicted octanol–water partition coefficient (Wildman–Crippen LogP) is 5.61. The molecule has 0 saturated carbocycles. The summed E-state index contributed by atoms with van der Waals surface area (Å²) >= 11 is 12.5. The molecule has 1 N–H and O–H groups in total. The molecule has 1 saturated heterocycles. The van der Waals surface area contributed by atoms with E-state index in [0.717, 1.165) is 47.7 Å². The number of carbonyl (C=O) groups excluding carboxylic acids is 1. The highest BCUT2D eigenvalue weighted by molar-refractivity contribution is 6.36. The van der Waals surface area contributed by atoms with Crippen molar-refractivity contribution >= 4 is 35.1 Å². The van der Waals surface area contributed by atoms with E-state index in [1.807, 2.05) is 32.9 Å². The van der Waals surface area contributed by atoms with Gasteiger partial charge in [0.05, 0.1) is 28.2 Å². The van der Waals surface area contributed by atoms with Gasteiger partial charge in [-0.3, -0.25) is 0 Å². The fourth-order valence-electron chi connectivity index (χ4n) is 3.52. The molecular formula is C22H28Cl2N4O2. The number of nitrogens with one attached hydrogen (secondary N) is 1. The van der Waals surface area contributed by atoms with E-state index in [1.54, 1.807) is 11.0 Å². The van der Waals surface area contributed by atoms with E-state index in [0.29, 0.717) is 23.1 Å². The molecule has 0 spiro atoms. The Bertz CT molecular complexity index is 920. The third-order valence-electron chi connectivity index (χ3n) is 5.02. The van der Waals surface area contributed by atoms with E-state index < -0.39 is 0 Å². The molecule has 3 rings (SSSR count). The second-order valence-corrected chi connectivity index (χ2v) is 8.50. The Morgan fingerprint density at radius 1 is 1.23 bits per heavy atom. The summed E-state index contributed by atoms with van der Waals surface area (Å²) in [6.07, 6.45) is 1.89. The lowest BCUT2D eigenvalue weighted by molar-refractivity contribution is 0.0834. The van der Waals surface area contributed by atoms with Gasteiger partial charge < -0.3 is 15.0 Å². The molecule has 1 fully saturated rings. The summed E-state index contributed by atoms with van der Waals surface area (Å²) < 4.78 is 5.31. The number of carbonyl (C=O) groups is 1. The van der Waals surface area contributed by atoms with Gasteiger partial charge in [0, 0.05) is 29.7 Å². The highest BCUT2D eigenvalue weighted by Gasteiger charge is 2.29. The molecule has 2 aromatic rings. The second kappa shape index (κ2) is 9.84. The largest absolute Gasteiger partial charge is 0.447 e. The van der Waals surface area contributed by atoms with Crippen molar-refractivity contribution in [3.05, 3.63) is 39.6 Å². The van der Waals surface area contributed by atoms with Crippen molar-refractivity contribution in [1.29, 1.82) is 0 Å². The van der Waals surface area contributed by atoms with Crippen LogP contribution in [0.25, 0.3) is 11.3 Å². The van der Waals surface area contributed by atoms with Gasteiger partial charge in [0.25, 0.3) is 0 Å². The van der Waals surface area contributed by atoms with Crippen LogP contribution < -0.4 is 5.32 Å². The molecule has 0 radical (unpaired) electrons. The Morgan fingerprint density at radius 2 is 1.97 bits per heavy atom. The summed E-state index contributed by atoms with van der Waals surface area (Å²) in [6.45, 7) is 9.06. The van der Waals surface area contributed by atoms with Crippen molar-refractivity contribution < 1.29 is 9.53 Å². The number of anilines is 1. The van der Waals surface area contributed by atoms with Gasteiger partial charge in [0.2, 0.25) is 0 Å². The number of aryl methyl sites for hydroxylation is 2. The maximum absolute atomic E-state index is 12.2. The van der Waals surface area contributed by atoms with Gasteiger partial charge in [-0.15, -0.1) is 0 Å². The average Bonchev–Trinajstić information content (AvgIpc) is 3.16. The first-order chi connectivity index (χ1) is 14.3. The number of aromatic nitrogens is 2. The molecule has 162 valence electrons. The quantitative estimate of drug-likeness (QED) is 0.619. The number of hydrogen-bond donors (Lipinski definition) is 1. The highest BCUT2D eigenvalue weighted by Crippen LogP contribution is 2.32. The van der Waals surface area contributed by atoms with E-state index in [1.165, 1.54) is 0 Å². The number of benzene rings is 1. The van der Waals surface area contributed by atoms with Crippen LogP contribution in [0.5, 0.6) is 0 Å². The number of amides is 1. The third-order valence-corrected chi connectivity index (χ3v) is 5.57. The molecule has 1 atom stereocenters. The molecule has 6 nitrogen and oxygen atoms in total. The van der Waals surface area contributed by atoms with Gasteiger partial charge in [-0.2, -0.15) is 0 Å². The van der Waals surface area contributed by atoms with Crippen molar-refractivity contribution in [2.45, 2.75) is 59.1 Å². The SMILES string of the molecule is CCc1nc(-c2ccc(Cl)cc2Cl)c(CC)nc1N[C@H]1CCN(C(=O)OC(C)C)C1. The van der Waals surface area contributed by atoms with Crippen LogP contribution in [-0.2, 0) is 17.6 Å². The summed E-state index contributed by atoms with van der Waals surface area (Å²) in [5.74, 6) is 0.771. The summed E-state index contributed by atoms with van der Waals surface area (Å²) in [6, 6.07) is 5.53. The van der Waals surface area contributed by atoms with Crippen molar-refractivity contribution in [3.8, 4) is 11.3 Å². The molecule has 2 heterocycles. The monoisotopic (exact) mass is 450 g/mol. The molecular weight excluding hydrogens is 423 g/mol. The molecule has 1 aromatic heterocycles. The van der Waals surface area contributed by atoms with Gasteiger partial charge in [-0.05, 0) is 51.3 Å². The van der Waals surface area contributed by atoms with Crippen molar-refractivity contribution in [2.24, 2.45) is 0 Å². The highest BCUT2D eigenvalue weighted by atomic mass is 35.5. The maximum Gasteiger partial charge on any atom is 0.410 e. The molecule has 1 aliphatic rings. The average molecular weight is 451 g/mol. The van der Waals surface area contributed by atoms with Gasteiger partial charge in [-0.1, -0.05) is 37.0 Å². The van der Waals surface area contributed by atoms with Crippen molar-refractivity contribution in [1.82, 2.24) is 14.9 Å². The minimum absolute atomic E-state index is 0.110. The maximum atomic E-state index is 12.2. The summed E-state index contributed by atoms with van der Waals surface area (Å²) in [5.41, 5.74) is 3.36. The summed E-state index contributed by atoms with van der Waals surface area (Å²) in [4.78, 5) is 23.7. The normalized spacial score (nSPS) is 16.2. The topological polar surface area (TPSA) is 67.4 Å². The summed E-state index contributed by atoms with van der Waals surface area (Å²) in [5, 5.41) is 4.65. The fourth-order valence-corrected chi connectivity index (χ4v) is 4.02. The Kier molecular flexibility index (Phi) is 7.42. The molecule has 1 aliphatic heterocycles. The zero-order chi connectivity index (χ0) is 21.8. The number of nitrogens with zero attached hydrogens (tertiary/aromatic N) is 3. The standard InChI is InChI=1S/C22H28Cl2N4O2/c1-5-18-20(16-8-7-14(23)11-17(16)24)26-19(6-2)21(27-18)25-15-9-10-28(12-15)22(29)30-13(3)4/h7-8,11,13,15H,5-6,9-10,12H2,1-4H3,(H,25,27)/t15-/m0/s1. The van der Waals surface area contributed by atoms with Crippen LogP contribution in [-0.4, -0.2) is 46.2 Å². The number of likely N-dealkylation sites (tertiary alicyclic amines) is 1. The molecule has 30 heavy (non-hydrogen) atoms. The van der Waals surface area contributed by atoms with E-state index in [-0.39, 0.29) is 18.2 Å². The third kappa shape index (κ3) is 5.16. The molecule has 8 heteroatoms. The molecule has 0 unspecified atom stereocenters. The van der Waals surface area contributed by atoms with E-state index >= 15 is 0 Å². The van der Waals surface area contributed by atoms with Gasteiger partial charge in [0.15, 0.2) is 0 Å². The minimum atomic E-state index is -0.266. The zero-order valence-corrected chi connectivity index (χ0v) is 19.3. The lowest BCUT2D eigenvalue weighted by Crippen LogP contribution is -2.33. The van der Waals surface area contributed by atoms with Crippen LogP contribution in [0.3, 0.4) is 0 Å². The van der Waals surface area contributed by atoms with Crippen LogP contribution in [0.15, 0.2) is 18.2 Å². The van der Waals surface area contributed by atoms with Gasteiger partial charge in [0.1, 0.15) is 5.82 Å². The lowest BCUT2D eigenvalue weighted by Gasteiger charge is -2.20. The number of rotatable bonds is 6. The van der Waals surface area contributed by atoms with E-state index in [2.05, 4.69) is 12.2 Å². The Morgan fingerprint density at radius 3 is 2.60 bits per heavy atom. The first kappa shape index (κ1) is 22.6. The van der Waals surface area contributed by atoms with Gasteiger partial charge in [-0.25, -0.2) is 14.8 Å². The first-order valence-electron chi connectivity index (χ1n) is 10.4. The number of halogens is 2. The van der Waals surface area contributed by atoms with Crippen molar-refractivity contribution in [3.63, 3.8) is 0 Å². The van der Waals surface area contributed by atoms with Crippen LogP contribution in [0.1, 0.15) is 45.5 Å². The molecule has 0 bridgehead atoms. The van der Waals surface area contributed by atoms with Crippen LogP contribution in [0.2, 0.25) is 10.0 Å². The van der Waals surface area contributed by atoms with Crippen LogP contribution in [0.4, 0.5) is 10.6 Å². The van der Waals surface area contributed by atoms with Crippen molar-refractivity contribution in [2.75, 3.05) is 18.4 Å². The predicted molar refractivity (Wildman–Crippen MR) is 121 cm³/mol. The smallest absolute Gasteiger partial charge is 0.410 e. The number of ether oxygens (including phenoxy) is 1. The molecule has 1 aromatic carbocycles. The number of hydrogen-bond acceptors (Lipinski definition) is 5. The minimum Gasteiger partial charge on any atom is -0.447 e. The Balaban J connectivity index is 1.83. The Hall–Kier alpha value is -2.05. The molecule has 0 aliphatic carbocycles. The zero-order valence-electron chi connectivity index (χ0n) is 17.8. The van der Waals surface area contributed by atoms with Gasteiger partial charge >= 0.3 is 6.09 Å². The van der Waals surface area contributed by atoms with Crippen LogP contribution >= 0.6 is 23.2 Å². The summed E-state index contributed by atoms with van der Waals surface area (Å²) in [7, 11) is 0. The second-order valence-electron chi connectivity index (χ2n) is 7.65. The Labute approximate surface area is 187 Å². The molecule has 1 amide bonds. The first-order valence-corrected chi connectivity index (χ1v) is 11.1. The van der Waals surface area contributed by atoms with E-state index in [4.69, 9.17) is 37.9 Å². The fraction of sp³-hybridized carbons (Fsp3) is 0.500. The lowest BCUT2D eigenvalue weighted by atomic mass is 10.1. The van der Waals surface area contributed by atoms with Crippen LogP contribution in [0, 0.1) is 0 Å².